The molecule has 0 spiro atoms. The molecular formula is C18H18N6O2S. The minimum atomic E-state index is -0.202. The van der Waals surface area contributed by atoms with E-state index in [-0.39, 0.29) is 23.9 Å². The van der Waals surface area contributed by atoms with E-state index in [1.807, 2.05) is 23.1 Å². The molecular weight excluding hydrogens is 364 g/mol. The third-order valence-electron chi connectivity index (χ3n) is 4.99. The van der Waals surface area contributed by atoms with Gasteiger partial charge in [-0.3, -0.25) is 9.78 Å². The summed E-state index contributed by atoms with van der Waals surface area (Å²) in [5, 5.41) is 6.08. The van der Waals surface area contributed by atoms with Gasteiger partial charge in [0.25, 0.3) is 0 Å². The molecule has 3 aromatic heterocycles. The van der Waals surface area contributed by atoms with E-state index in [1.165, 1.54) is 4.88 Å². The zero-order valence-corrected chi connectivity index (χ0v) is 15.2. The number of nitrogens with one attached hydrogen (secondary N) is 2. The number of likely N-dealkylation sites (tertiary alicyclic amines) is 1. The van der Waals surface area contributed by atoms with Gasteiger partial charge in [-0.2, -0.15) is 4.98 Å². The molecule has 2 N–H and O–H groups in total. The Labute approximate surface area is 159 Å². The van der Waals surface area contributed by atoms with Crippen molar-refractivity contribution >= 4 is 17.2 Å². The molecule has 2 aliphatic rings. The largest absolute Gasteiger partial charge is 0.340 e. The highest BCUT2D eigenvalue weighted by molar-refractivity contribution is 7.10. The number of rotatable bonds is 4. The van der Waals surface area contributed by atoms with Crippen molar-refractivity contribution in [1.82, 2.24) is 30.9 Å². The van der Waals surface area contributed by atoms with Crippen LogP contribution in [0.5, 0.6) is 0 Å². The highest BCUT2D eigenvalue weighted by Crippen LogP contribution is 2.31. The standard InChI is InChI=1S/C18H18N6O2S/c25-18(14-7-13(21-22-14)15-4-2-6-27-15)24-9-12(10-24)17-20-16(23-26-17)11-3-1-5-19-8-11/h1-6,8,12-14,21-22H,7,9-10H2. The van der Waals surface area contributed by atoms with Crippen LogP contribution >= 0.6 is 11.3 Å². The molecule has 27 heavy (non-hydrogen) atoms. The SMILES string of the molecule is O=C(C1CC(c2cccs2)NN1)N1CC(c2nc(-c3cccnc3)no2)C1. The number of hydrogen-bond donors (Lipinski definition) is 2. The molecule has 0 radical (unpaired) electrons. The molecule has 5 heterocycles. The van der Waals surface area contributed by atoms with Crippen LogP contribution in [0.25, 0.3) is 11.4 Å². The minimum Gasteiger partial charge on any atom is -0.340 e. The predicted octanol–water partition coefficient (Wildman–Crippen LogP) is 1.73. The van der Waals surface area contributed by atoms with Crippen molar-refractivity contribution in [1.29, 1.82) is 0 Å². The van der Waals surface area contributed by atoms with E-state index in [1.54, 1.807) is 23.7 Å². The second-order valence-electron chi connectivity index (χ2n) is 6.78. The smallest absolute Gasteiger partial charge is 0.241 e. The molecule has 5 rings (SSSR count). The molecule has 2 unspecified atom stereocenters. The van der Waals surface area contributed by atoms with Crippen LogP contribution in [0.3, 0.4) is 0 Å². The van der Waals surface area contributed by atoms with Gasteiger partial charge >= 0.3 is 0 Å². The molecule has 2 fully saturated rings. The van der Waals surface area contributed by atoms with Gasteiger partial charge in [0.15, 0.2) is 0 Å². The molecule has 9 heteroatoms. The highest BCUT2D eigenvalue weighted by Gasteiger charge is 2.40. The van der Waals surface area contributed by atoms with Gasteiger partial charge in [0.2, 0.25) is 17.6 Å². The second-order valence-corrected chi connectivity index (χ2v) is 7.76. The zero-order chi connectivity index (χ0) is 18.2. The van der Waals surface area contributed by atoms with Gasteiger partial charge in [-0.25, -0.2) is 10.9 Å². The lowest BCUT2D eigenvalue weighted by Gasteiger charge is -2.38. The Morgan fingerprint density at radius 2 is 2.19 bits per heavy atom. The predicted molar refractivity (Wildman–Crippen MR) is 98.6 cm³/mol. The number of hydrazine groups is 1. The Balaban J connectivity index is 1.18. The van der Waals surface area contributed by atoms with Gasteiger partial charge in [-0.1, -0.05) is 11.2 Å². The number of thiophene rings is 1. The van der Waals surface area contributed by atoms with E-state index in [2.05, 4.69) is 37.4 Å². The molecule has 2 saturated heterocycles. The average molecular weight is 382 g/mol. The van der Waals surface area contributed by atoms with E-state index < -0.39 is 0 Å². The topological polar surface area (TPSA) is 96.2 Å². The summed E-state index contributed by atoms with van der Waals surface area (Å²) in [6.45, 7) is 1.21. The van der Waals surface area contributed by atoms with Crippen LogP contribution in [0, 0.1) is 0 Å². The van der Waals surface area contributed by atoms with Crippen LogP contribution in [0.15, 0.2) is 46.6 Å². The van der Waals surface area contributed by atoms with Crippen LogP contribution in [0.4, 0.5) is 0 Å². The maximum Gasteiger partial charge on any atom is 0.241 e. The van der Waals surface area contributed by atoms with Gasteiger partial charge in [0, 0.05) is 35.9 Å². The summed E-state index contributed by atoms with van der Waals surface area (Å²) >= 11 is 1.70. The Bertz CT molecular complexity index is 923. The number of carbonyl (C=O) groups excluding carboxylic acids is 1. The van der Waals surface area contributed by atoms with Crippen LogP contribution in [-0.4, -0.2) is 45.1 Å². The number of aromatic nitrogens is 3. The average Bonchev–Trinajstić information content (AvgIpc) is 3.41. The molecule has 2 atom stereocenters. The summed E-state index contributed by atoms with van der Waals surface area (Å²) in [7, 11) is 0. The van der Waals surface area contributed by atoms with E-state index in [9.17, 15) is 4.79 Å². The molecule has 3 aromatic rings. The first-order valence-corrected chi connectivity index (χ1v) is 9.73. The summed E-state index contributed by atoms with van der Waals surface area (Å²) in [4.78, 5) is 24.3. The lowest BCUT2D eigenvalue weighted by atomic mass is 9.98. The number of nitrogens with zero attached hydrogens (tertiary/aromatic N) is 4. The second kappa shape index (κ2) is 6.84. The third kappa shape index (κ3) is 3.14. The van der Waals surface area contributed by atoms with E-state index in [0.29, 0.717) is 24.8 Å². The molecule has 138 valence electrons. The number of pyridine rings is 1. The minimum absolute atomic E-state index is 0.0920. The van der Waals surface area contributed by atoms with Crippen LogP contribution in [-0.2, 0) is 4.79 Å². The van der Waals surface area contributed by atoms with Crippen molar-refractivity contribution in [2.24, 2.45) is 0 Å². The van der Waals surface area contributed by atoms with Crippen molar-refractivity contribution in [3.05, 3.63) is 52.8 Å². The fourth-order valence-corrected chi connectivity index (χ4v) is 4.23. The van der Waals surface area contributed by atoms with Gasteiger partial charge < -0.3 is 9.42 Å². The van der Waals surface area contributed by atoms with E-state index >= 15 is 0 Å². The monoisotopic (exact) mass is 382 g/mol. The maximum absolute atomic E-state index is 12.7. The first-order valence-electron chi connectivity index (χ1n) is 8.85. The van der Waals surface area contributed by atoms with Gasteiger partial charge in [0.05, 0.1) is 12.0 Å². The number of hydrogen-bond acceptors (Lipinski definition) is 8. The highest BCUT2D eigenvalue weighted by atomic mass is 32.1. The van der Waals surface area contributed by atoms with Crippen molar-refractivity contribution in [3.8, 4) is 11.4 Å². The van der Waals surface area contributed by atoms with Crippen LogP contribution < -0.4 is 10.9 Å². The Morgan fingerprint density at radius 3 is 2.96 bits per heavy atom. The van der Waals surface area contributed by atoms with E-state index in [4.69, 9.17) is 4.52 Å². The van der Waals surface area contributed by atoms with Crippen LogP contribution in [0.2, 0.25) is 0 Å². The van der Waals surface area contributed by atoms with Crippen LogP contribution in [0.1, 0.15) is 29.1 Å². The summed E-state index contributed by atoms with van der Waals surface area (Å²) in [6.07, 6.45) is 4.16. The number of amides is 1. The first kappa shape index (κ1) is 16.5. The molecule has 0 aliphatic carbocycles. The summed E-state index contributed by atoms with van der Waals surface area (Å²) in [5.41, 5.74) is 7.17. The Morgan fingerprint density at radius 1 is 1.26 bits per heavy atom. The fraction of sp³-hybridized carbons (Fsp3) is 0.333. The Kier molecular flexibility index (Phi) is 4.19. The molecule has 0 bridgehead atoms. The molecule has 8 nitrogen and oxygen atoms in total. The van der Waals surface area contributed by atoms with Gasteiger partial charge in [-0.15, -0.1) is 11.3 Å². The quantitative estimate of drug-likeness (QED) is 0.709. The summed E-state index contributed by atoms with van der Waals surface area (Å²) < 4.78 is 5.39. The van der Waals surface area contributed by atoms with Gasteiger partial charge in [-0.05, 0) is 30.0 Å². The van der Waals surface area contributed by atoms with Crippen molar-refractivity contribution in [3.63, 3.8) is 0 Å². The normalized spacial score (nSPS) is 22.7. The first-order chi connectivity index (χ1) is 13.3. The fourth-order valence-electron chi connectivity index (χ4n) is 3.44. The van der Waals surface area contributed by atoms with Crippen molar-refractivity contribution in [2.75, 3.05) is 13.1 Å². The summed E-state index contributed by atoms with van der Waals surface area (Å²) in [6, 6.07) is 7.83. The molecule has 2 aliphatic heterocycles. The summed E-state index contributed by atoms with van der Waals surface area (Å²) in [5.74, 6) is 1.31. The zero-order valence-electron chi connectivity index (χ0n) is 14.4. The molecule has 0 aromatic carbocycles. The molecule has 1 amide bonds. The van der Waals surface area contributed by atoms with Gasteiger partial charge in [0.1, 0.15) is 6.04 Å². The van der Waals surface area contributed by atoms with E-state index in [0.717, 1.165) is 12.0 Å². The lowest BCUT2D eigenvalue weighted by molar-refractivity contribution is -0.138. The maximum atomic E-state index is 12.7. The molecule has 0 saturated carbocycles. The third-order valence-corrected chi connectivity index (χ3v) is 5.98. The lowest BCUT2D eigenvalue weighted by Crippen LogP contribution is -2.54. The Hall–Kier alpha value is -2.62. The number of carbonyl (C=O) groups is 1. The van der Waals surface area contributed by atoms with Crippen molar-refractivity contribution in [2.45, 2.75) is 24.4 Å². The van der Waals surface area contributed by atoms with Crippen molar-refractivity contribution < 1.29 is 9.32 Å².